The normalized spacial score (nSPS) is 25.4. The molecule has 0 aliphatic heterocycles. The average molecular weight is 489 g/mol. The third kappa shape index (κ3) is 4.61. The molecular formula is C29H29F5O. The van der Waals surface area contributed by atoms with Crippen LogP contribution in [-0.4, -0.2) is 17.9 Å². The van der Waals surface area contributed by atoms with Gasteiger partial charge in [0.1, 0.15) is 17.2 Å². The molecule has 0 saturated carbocycles. The molecule has 2 aliphatic rings. The molecule has 2 aromatic rings. The van der Waals surface area contributed by atoms with E-state index in [0.29, 0.717) is 42.4 Å². The molecule has 0 radical (unpaired) electrons. The second-order valence-electron chi connectivity index (χ2n) is 9.34. The third-order valence-corrected chi connectivity index (χ3v) is 6.85. The molecule has 0 aromatic heterocycles. The Bertz CT molecular complexity index is 1180. The highest BCUT2D eigenvalue weighted by atomic mass is 19.2. The summed E-state index contributed by atoms with van der Waals surface area (Å²) in [4.78, 5) is 0. The highest BCUT2D eigenvalue weighted by Crippen LogP contribution is 2.49. The lowest BCUT2D eigenvalue weighted by molar-refractivity contribution is -0.0540. The number of benzene rings is 2. The number of halogens is 5. The van der Waals surface area contributed by atoms with Gasteiger partial charge < -0.3 is 4.74 Å². The fourth-order valence-corrected chi connectivity index (χ4v) is 4.82. The first-order chi connectivity index (χ1) is 16.7. The molecule has 0 spiro atoms. The van der Waals surface area contributed by atoms with Crippen molar-refractivity contribution < 1.29 is 26.7 Å². The summed E-state index contributed by atoms with van der Waals surface area (Å²) in [5.74, 6) is -1.16. The summed E-state index contributed by atoms with van der Waals surface area (Å²) in [6, 6.07) is 7.75. The Morgan fingerprint density at radius 1 is 1.03 bits per heavy atom. The van der Waals surface area contributed by atoms with Crippen molar-refractivity contribution in [2.24, 2.45) is 0 Å². The van der Waals surface area contributed by atoms with Gasteiger partial charge in [-0.3, -0.25) is 0 Å². The van der Waals surface area contributed by atoms with Gasteiger partial charge in [-0.1, -0.05) is 49.8 Å². The van der Waals surface area contributed by atoms with E-state index in [-0.39, 0.29) is 28.9 Å². The molecule has 6 heteroatoms. The number of rotatable bonds is 8. The second-order valence-corrected chi connectivity index (χ2v) is 9.34. The Morgan fingerprint density at radius 3 is 2.46 bits per heavy atom. The van der Waals surface area contributed by atoms with Crippen LogP contribution in [0.25, 0.3) is 5.57 Å². The number of alkyl halides is 3. The number of ether oxygens (including phenoxy) is 1. The third-order valence-electron chi connectivity index (χ3n) is 6.85. The molecule has 2 aromatic carbocycles. The van der Waals surface area contributed by atoms with Gasteiger partial charge in [0, 0.05) is 11.1 Å². The van der Waals surface area contributed by atoms with Gasteiger partial charge in [-0.2, -0.15) is 0 Å². The molecule has 1 nitrogen and oxygen atoms in total. The van der Waals surface area contributed by atoms with Gasteiger partial charge in [-0.25, -0.2) is 22.0 Å². The van der Waals surface area contributed by atoms with E-state index in [1.54, 1.807) is 24.3 Å². The van der Waals surface area contributed by atoms with E-state index in [1.165, 1.54) is 31.2 Å². The fourth-order valence-electron chi connectivity index (χ4n) is 4.82. The molecule has 0 saturated heterocycles. The summed E-state index contributed by atoms with van der Waals surface area (Å²) in [5, 5.41) is 0. The van der Waals surface area contributed by atoms with Gasteiger partial charge in [0.2, 0.25) is 0 Å². The highest BCUT2D eigenvalue weighted by molar-refractivity contribution is 5.84. The summed E-state index contributed by atoms with van der Waals surface area (Å²) in [7, 11) is 0. The molecule has 2 aliphatic carbocycles. The number of hydrogen-bond acceptors (Lipinski definition) is 1. The van der Waals surface area contributed by atoms with Crippen LogP contribution in [0.4, 0.5) is 22.0 Å². The van der Waals surface area contributed by atoms with Gasteiger partial charge in [-0.15, -0.1) is 6.58 Å². The van der Waals surface area contributed by atoms with Crippen molar-refractivity contribution in [1.29, 1.82) is 0 Å². The summed E-state index contributed by atoms with van der Waals surface area (Å²) in [6.45, 7) is 6.82. The van der Waals surface area contributed by atoms with E-state index in [9.17, 15) is 4.39 Å². The van der Waals surface area contributed by atoms with Crippen LogP contribution < -0.4 is 0 Å². The number of aryl methyl sites for hydroxylation is 2. The van der Waals surface area contributed by atoms with Crippen LogP contribution in [0.1, 0.15) is 60.7 Å². The molecule has 4 atom stereocenters. The maximum absolute atomic E-state index is 15.8. The van der Waals surface area contributed by atoms with E-state index >= 15 is 17.6 Å². The minimum Gasteiger partial charge on any atom is -0.363 e. The van der Waals surface area contributed by atoms with E-state index in [4.69, 9.17) is 4.74 Å². The minimum atomic E-state index is -2.34. The zero-order valence-corrected chi connectivity index (χ0v) is 19.9. The first-order valence-corrected chi connectivity index (χ1v) is 11.9. The summed E-state index contributed by atoms with van der Waals surface area (Å²) < 4.78 is 81.3. The Hall–Kier alpha value is -2.73. The molecule has 0 amide bonds. The molecule has 186 valence electrons. The van der Waals surface area contributed by atoms with Crippen LogP contribution >= 0.6 is 0 Å². The maximum atomic E-state index is 15.8. The lowest BCUT2D eigenvalue weighted by Crippen LogP contribution is -2.44. The summed E-state index contributed by atoms with van der Waals surface area (Å²) >= 11 is 0. The van der Waals surface area contributed by atoms with Gasteiger partial charge in [0.05, 0.1) is 6.61 Å². The number of hydrogen-bond donors (Lipinski definition) is 0. The van der Waals surface area contributed by atoms with Gasteiger partial charge in [0.25, 0.3) is 0 Å². The van der Waals surface area contributed by atoms with Crippen molar-refractivity contribution in [2.45, 2.75) is 70.3 Å². The van der Waals surface area contributed by atoms with Crippen LogP contribution in [0.2, 0.25) is 0 Å². The first kappa shape index (κ1) is 25.4. The van der Waals surface area contributed by atoms with E-state index in [1.807, 2.05) is 6.92 Å². The van der Waals surface area contributed by atoms with Gasteiger partial charge >= 0.3 is 0 Å². The van der Waals surface area contributed by atoms with Crippen molar-refractivity contribution in [1.82, 2.24) is 0 Å². The van der Waals surface area contributed by atoms with Crippen LogP contribution in [-0.2, 0) is 24.2 Å². The molecule has 4 unspecified atom stereocenters. The maximum Gasteiger partial charge on any atom is 0.164 e. The average Bonchev–Trinajstić information content (AvgIpc) is 2.84. The molecule has 0 N–H and O–H groups in total. The first-order valence-electron chi connectivity index (χ1n) is 11.9. The fraction of sp³-hybridized carbons (Fsp3) is 0.379. The Labute approximate surface area is 203 Å². The second kappa shape index (κ2) is 10.1. The van der Waals surface area contributed by atoms with Crippen LogP contribution in [0.15, 0.2) is 60.7 Å². The Morgan fingerprint density at radius 2 is 1.77 bits per heavy atom. The lowest BCUT2D eigenvalue weighted by Gasteiger charge is -2.40. The van der Waals surface area contributed by atoms with E-state index in [0.717, 1.165) is 0 Å². The number of fused-ring (bicyclic) bond motifs is 2. The molecule has 0 heterocycles. The smallest absolute Gasteiger partial charge is 0.164 e. The van der Waals surface area contributed by atoms with Gasteiger partial charge in [-0.05, 0) is 66.2 Å². The zero-order valence-electron chi connectivity index (χ0n) is 19.9. The van der Waals surface area contributed by atoms with Crippen LogP contribution in [0, 0.1) is 11.6 Å². The standard InChI is InChI=1S/C29H29F5O/c1-4-6-8-18-10-9-17(15-22(18)30)16-35-29(3)14-13-21-20-12-11-19(7-5-2)25(31)23(20)26(32)27(33)24(21)28(29)34/h4,9-15,26-28H,1,5-8,16H2,2-3H3. The van der Waals surface area contributed by atoms with Crippen molar-refractivity contribution in [3.05, 3.63) is 100 Å². The van der Waals surface area contributed by atoms with E-state index in [2.05, 4.69) is 6.58 Å². The SMILES string of the molecule is C=CCCc1ccc(COC2(C)C=CC3=C(C(F)C(F)c4c3ccc(CCC)c4F)C2F)cc1F. The molecular weight excluding hydrogens is 459 g/mol. The molecule has 35 heavy (non-hydrogen) atoms. The predicted molar refractivity (Wildman–Crippen MR) is 128 cm³/mol. The van der Waals surface area contributed by atoms with Crippen LogP contribution in [0.5, 0.6) is 0 Å². The topological polar surface area (TPSA) is 9.23 Å². The minimum absolute atomic E-state index is 0.121. The van der Waals surface area contributed by atoms with E-state index < -0.39 is 35.8 Å². The summed E-state index contributed by atoms with van der Waals surface area (Å²) in [6.07, 6.45) is 0.187. The van der Waals surface area contributed by atoms with Gasteiger partial charge in [0.15, 0.2) is 18.5 Å². The molecule has 0 fully saturated rings. The zero-order chi connectivity index (χ0) is 25.3. The Balaban J connectivity index is 1.60. The highest BCUT2D eigenvalue weighted by Gasteiger charge is 2.48. The quantitative estimate of drug-likeness (QED) is 0.270. The largest absolute Gasteiger partial charge is 0.363 e. The molecule has 4 rings (SSSR count). The van der Waals surface area contributed by atoms with Crippen molar-refractivity contribution in [2.75, 3.05) is 0 Å². The van der Waals surface area contributed by atoms with Crippen molar-refractivity contribution >= 4 is 5.57 Å². The lowest BCUT2D eigenvalue weighted by atomic mass is 9.74. The van der Waals surface area contributed by atoms with Crippen molar-refractivity contribution in [3.8, 4) is 0 Å². The predicted octanol–water partition coefficient (Wildman–Crippen LogP) is 8.04. The number of allylic oxidation sites excluding steroid dienone is 3. The Kier molecular flexibility index (Phi) is 7.32. The van der Waals surface area contributed by atoms with Crippen molar-refractivity contribution in [3.63, 3.8) is 0 Å². The molecule has 0 bridgehead atoms. The summed E-state index contributed by atoms with van der Waals surface area (Å²) in [5.41, 5.74) is -0.673. The van der Waals surface area contributed by atoms with Crippen LogP contribution in [0.3, 0.4) is 0 Å². The monoisotopic (exact) mass is 488 g/mol.